The standard InChI is InChI=1S/C22H40O3/c23-15-7-1-4-10-21-19-11-12-20(18-19)22(21,13-5-2-8-16-24)14-6-3-9-17-25/h11-12,19-21,23-25H,1-10,13-18H2. The Kier molecular flexibility index (Phi) is 9.51. The Hall–Kier alpha value is -0.380. The van der Waals surface area contributed by atoms with Gasteiger partial charge >= 0.3 is 0 Å². The Balaban J connectivity index is 1.98. The minimum atomic E-state index is 0.319. The fourth-order valence-electron chi connectivity index (χ4n) is 5.66. The van der Waals surface area contributed by atoms with Gasteiger partial charge in [-0.2, -0.15) is 0 Å². The summed E-state index contributed by atoms with van der Waals surface area (Å²) in [6, 6.07) is 0. The fraction of sp³-hybridized carbons (Fsp3) is 0.909. The topological polar surface area (TPSA) is 60.7 Å². The van der Waals surface area contributed by atoms with Gasteiger partial charge in [-0.25, -0.2) is 0 Å². The first-order valence-corrected chi connectivity index (χ1v) is 10.8. The zero-order valence-corrected chi connectivity index (χ0v) is 16.0. The van der Waals surface area contributed by atoms with E-state index >= 15 is 0 Å². The van der Waals surface area contributed by atoms with Crippen LogP contribution in [-0.4, -0.2) is 35.1 Å². The maximum Gasteiger partial charge on any atom is 0.0431 e. The van der Waals surface area contributed by atoms with Crippen LogP contribution in [-0.2, 0) is 0 Å². The van der Waals surface area contributed by atoms with E-state index in [2.05, 4.69) is 12.2 Å². The van der Waals surface area contributed by atoms with Crippen LogP contribution in [0.1, 0.15) is 83.5 Å². The minimum absolute atomic E-state index is 0.319. The summed E-state index contributed by atoms with van der Waals surface area (Å²) in [5.41, 5.74) is 0.462. The third-order valence-corrected chi connectivity index (χ3v) is 6.88. The van der Waals surface area contributed by atoms with Crippen molar-refractivity contribution in [1.29, 1.82) is 0 Å². The second-order valence-corrected chi connectivity index (χ2v) is 8.37. The lowest BCUT2D eigenvalue weighted by molar-refractivity contribution is 0.0895. The van der Waals surface area contributed by atoms with E-state index in [1.54, 1.807) is 0 Å². The smallest absolute Gasteiger partial charge is 0.0431 e. The third-order valence-electron chi connectivity index (χ3n) is 6.88. The number of hydrogen-bond donors (Lipinski definition) is 3. The molecule has 0 aromatic rings. The molecule has 2 aliphatic rings. The summed E-state index contributed by atoms with van der Waals surface area (Å²) in [5, 5.41) is 27.2. The molecular formula is C22H40O3. The van der Waals surface area contributed by atoms with Crippen molar-refractivity contribution >= 4 is 0 Å². The Morgan fingerprint density at radius 3 is 1.80 bits per heavy atom. The quantitative estimate of drug-likeness (QED) is 0.301. The minimum Gasteiger partial charge on any atom is -0.396 e. The van der Waals surface area contributed by atoms with Gasteiger partial charge in [0, 0.05) is 19.8 Å². The molecule has 0 aromatic carbocycles. The van der Waals surface area contributed by atoms with Crippen LogP contribution in [0, 0.1) is 23.2 Å². The van der Waals surface area contributed by atoms with Crippen molar-refractivity contribution in [2.75, 3.05) is 19.8 Å². The molecule has 146 valence electrons. The lowest BCUT2D eigenvalue weighted by Crippen LogP contribution is -2.35. The van der Waals surface area contributed by atoms with Crippen LogP contribution in [0.5, 0.6) is 0 Å². The molecule has 0 saturated heterocycles. The van der Waals surface area contributed by atoms with Crippen LogP contribution < -0.4 is 0 Å². The highest BCUT2D eigenvalue weighted by Crippen LogP contribution is 2.62. The average Bonchev–Trinajstić information content (AvgIpc) is 3.21. The SMILES string of the molecule is OCCCCCC1C2C=CC(C2)C1(CCCCCO)CCCCCO. The summed E-state index contributed by atoms with van der Waals surface area (Å²) in [4.78, 5) is 0. The molecule has 3 N–H and O–H groups in total. The Morgan fingerprint density at radius 1 is 0.680 bits per heavy atom. The van der Waals surface area contributed by atoms with E-state index in [1.165, 1.54) is 44.9 Å². The van der Waals surface area contributed by atoms with E-state index in [1.807, 2.05) is 0 Å². The predicted molar refractivity (Wildman–Crippen MR) is 103 cm³/mol. The summed E-state index contributed by atoms with van der Waals surface area (Å²) in [6.45, 7) is 0.962. The summed E-state index contributed by atoms with van der Waals surface area (Å²) in [6.07, 6.45) is 20.3. The third kappa shape index (κ3) is 5.55. The fourth-order valence-corrected chi connectivity index (χ4v) is 5.66. The molecule has 3 nitrogen and oxygen atoms in total. The Labute approximate surface area is 154 Å². The van der Waals surface area contributed by atoms with Crippen LogP contribution in [0.15, 0.2) is 12.2 Å². The lowest BCUT2D eigenvalue weighted by atomic mass is 9.61. The Morgan fingerprint density at radius 2 is 1.24 bits per heavy atom. The number of fused-ring (bicyclic) bond motifs is 2. The molecule has 2 aliphatic carbocycles. The van der Waals surface area contributed by atoms with Crippen molar-refractivity contribution in [3.63, 3.8) is 0 Å². The molecule has 1 fully saturated rings. The van der Waals surface area contributed by atoms with Crippen molar-refractivity contribution in [1.82, 2.24) is 0 Å². The second-order valence-electron chi connectivity index (χ2n) is 8.37. The largest absolute Gasteiger partial charge is 0.396 e. The monoisotopic (exact) mass is 352 g/mol. The molecule has 2 bridgehead atoms. The summed E-state index contributed by atoms with van der Waals surface area (Å²) in [7, 11) is 0. The molecule has 0 radical (unpaired) electrons. The first-order valence-electron chi connectivity index (χ1n) is 10.8. The molecule has 2 rings (SSSR count). The zero-order valence-electron chi connectivity index (χ0n) is 16.0. The molecule has 25 heavy (non-hydrogen) atoms. The van der Waals surface area contributed by atoms with E-state index in [-0.39, 0.29) is 0 Å². The molecule has 0 spiro atoms. The van der Waals surface area contributed by atoms with Gasteiger partial charge in [0.05, 0.1) is 0 Å². The molecule has 3 unspecified atom stereocenters. The number of rotatable bonds is 15. The van der Waals surface area contributed by atoms with Crippen LogP contribution in [0.3, 0.4) is 0 Å². The highest BCUT2D eigenvalue weighted by Gasteiger charge is 2.53. The maximum absolute atomic E-state index is 9.09. The molecule has 0 amide bonds. The number of unbranched alkanes of at least 4 members (excludes halogenated alkanes) is 6. The number of aliphatic hydroxyl groups is 3. The van der Waals surface area contributed by atoms with Gasteiger partial charge in [-0.1, -0.05) is 50.7 Å². The molecule has 0 aromatic heterocycles. The van der Waals surface area contributed by atoms with Crippen LogP contribution in [0.25, 0.3) is 0 Å². The molecular weight excluding hydrogens is 312 g/mol. The highest BCUT2D eigenvalue weighted by atomic mass is 16.3. The van der Waals surface area contributed by atoms with Crippen LogP contribution in [0.2, 0.25) is 0 Å². The molecule has 3 atom stereocenters. The van der Waals surface area contributed by atoms with Gasteiger partial charge in [-0.05, 0) is 68.1 Å². The molecule has 0 heterocycles. The van der Waals surface area contributed by atoms with E-state index < -0.39 is 0 Å². The van der Waals surface area contributed by atoms with Crippen molar-refractivity contribution in [2.45, 2.75) is 83.5 Å². The first kappa shape index (κ1) is 20.9. The van der Waals surface area contributed by atoms with Gasteiger partial charge < -0.3 is 15.3 Å². The van der Waals surface area contributed by atoms with Crippen molar-refractivity contribution < 1.29 is 15.3 Å². The first-order chi connectivity index (χ1) is 12.3. The number of hydrogen-bond acceptors (Lipinski definition) is 3. The predicted octanol–water partition coefficient (Wildman–Crippen LogP) is 4.45. The average molecular weight is 353 g/mol. The molecule has 0 aliphatic heterocycles. The highest BCUT2D eigenvalue weighted by molar-refractivity contribution is 5.19. The van der Waals surface area contributed by atoms with Gasteiger partial charge in [0.2, 0.25) is 0 Å². The zero-order chi connectivity index (χ0) is 18.0. The van der Waals surface area contributed by atoms with Crippen molar-refractivity contribution in [3.05, 3.63) is 12.2 Å². The van der Waals surface area contributed by atoms with Gasteiger partial charge in [-0.15, -0.1) is 0 Å². The van der Waals surface area contributed by atoms with E-state index in [4.69, 9.17) is 15.3 Å². The van der Waals surface area contributed by atoms with Gasteiger partial charge in [0.1, 0.15) is 0 Å². The van der Waals surface area contributed by atoms with Crippen LogP contribution >= 0.6 is 0 Å². The molecule has 1 saturated carbocycles. The maximum atomic E-state index is 9.09. The lowest BCUT2D eigenvalue weighted by Gasteiger charge is -2.43. The van der Waals surface area contributed by atoms with E-state index in [9.17, 15) is 0 Å². The van der Waals surface area contributed by atoms with Gasteiger partial charge in [0.15, 0.2) is 0 Å². The normalized spacial score (nSPS) is 26.6. The number of aliphatic hydroxyl groups excluding tert-OH is 3. The van der Waals surface area contributed by atoms with Crippen LogP contribution in [0.4, 0.5) is 0 Å². The number of allylic oxidation sites excluding steroid dienone is 2. The van der Waals surface area contributed by atoms with Crippen molar-refractivity contribution in [2.24, 2.45) is 23.2 Å². The van der Waals surface area contributed by atoms with Gasteiger partial charge in [0.25, 0.3) is 0 Å². The van der Waals surface area contributed by atoms with Gasteiger partial charge in [-0.3, -0.25) is 0 Å². The summed E-state index contributed by atoms with van der Waals surface area (Å²) in [5.74, 6) is 2.34. The summed E-state index contributed by atoms with van der Waals surface area (Å²) < 4.78 is 0. The van der Waals surface area contributed by atoms with Crippen molar-refractivity contribution in [3.8, 4) is 0 Å². The van der Waals surface area contributed by atoms with E-state index in [0.29, 0.717) is 25.2 Å². The summed E-state index contributed by atoms with van der Waals surface area (Å²) >= 11 is 0. The Bertz CT molecular complexity index is 367. The molecule has 3 heteroatoms. The second kappa shape index (κ2) is 11.4. The van der Waals surface area contributed by atoms with E-state index in [0.717, 1.165) is 56.3 Å².